The largest absolute Gasteiger partial charge is 0.497 e. The number of benzene rings is 1. The molecule has 1 unspecified atom stereocenters. The summed E-state index contributed by atoms with van der Waals surface area (Å²) < 4.78 is 26.9. The molecule has 0 saturated heterocycles. The highest BCUT2D eigenvalue weighted by atomic mass is 32.2. The van der Waals surface area contributed by atoms with E-state index in [9.17, 15) is 13.5 Å². The summed E-state index contributed by atoms with van der Waals surface area (Å²) in [6.45, 7) is 0. The fourth-order valence-corrected chi connectivity index (χ4v) is 1.99. The van der Waals surface area contributed by atoms with Crippen molar-refractivity contribution in [3.05, 3.63) is 29.8 Å². The zero-order valence-corrected chi connectivity index (χ0v) is 10.2. The minimum Gasteiger partial charge on any atom is -0.497 e. The first kappa shape index (κ1) is 13.0. The second-order valence-electron chi connectivity index (χ2n) is 3.71. The summed E-state index contributed by atoms with van der Waals surface area (Å²) in [5, 5.41) is 9.78. The molecule has 16 heavy (non-hydrogen) atoms. The van der Waals surface area contributed by atoms with Crippen molar-refractivity contribution in [3.8, 4) is 5.75 Å². The van der Waals surface area contributed by atoms with E-state index in [4.69, 9.17) is 4.74 Å². The van der Waals surface area contributed by atoms with Gasteiger partial charge in [0.1, 0.15) is 15.6 Å². The molecule has 0 amide bonds. The van der Waals surface area contributed by atoms with Crippen molar-refractivity contribution in [1.29, 1.82) is 0 Å². The smallest absolute Gasteiger partial charge is 0.147 e. The first-order valence-corrected chi connectivity index (χ1v) is 6.98. The molecular formula is C11H16O4S. The Labute approximate surface area is 95.8 Å². The number of hydrogen-bond acceptors (Lipinski definition) is 4. The van der Waals surface area contributed by atoms with E-state index in [0.29, 0.717) is 11.3 Å². The summed E-state index contributed by atoms with van der Waals surface area (Å²) in [5.74, 6) is 0.627. The molecule has 4 nitrogen and oxygen atoms in total. The molecule has 1 rings (SSSR count). The third kappa shape index (κ3) is 4.20. The van der Waals surface area contributed by atoms with E-state index in [0.717, 1.165) is 6.26 Å². The number of rotatable bonds is 5. The lowest BCUT2D eigenvalue weighted by molar-refractivity contribution is 0.174. The lowest BCUT2D eigenvalue weighted by atomic mass is 10.1. The summed E-state index contributed by atoms with van der Waals surface area (Å²) in [4.78, 5) is 0. The Kier molecular flexibility index (Phi) is 4.32. The van der Waals surface area contributed by atoms with Gasteiger partial charge in [0.15, 0.2) is 0 Å². The number of hydrogen-bond donors (Lipinski definition) is 1. The quantitative estimate of drug-likeness (QED) is 0.844. The molecule has 0 fully saturated rings. The van der Waals surface area contributed by atoms with Crippen LogP contribution in [0.15, 0.2) is 24.3 Å². The Bertz CT molecular complexity index is 439. The Morgan fingerprint density at radius 2 is 2.12 bits per heavy atom. The fourth-order valence-electron chi connectivity index (χ4n) is 1.34. The monoisotopic (exact) mass is 244 g/mol. The highest BCUT2D eigenvalue weighted by Gasteiger charge is 2.11. The SMILES string of the molecule is COc1cccc(C(O)CCS(C)(=O)=O)c1. The second-order valence-corrected chi connectivity index (χ2v) is 5.97. The maximum Gasteiger partial charge on any atom is 0.147 e. The van der Waals surface area contributed by atoms with Crippen molar-refractivity contribution in [2.45, 2.75) is 12.5 Å². The summed E-state index contributed by atoms with van der Waals surface area (Å²) in [6.07, 6.45) is 0.585. The van der Waals surface area contributed by atoms with Crippen LogP contribution in [0.5, 0.6) is 5.75 Å². The first-order chi connectivity index (χ1) is 7.42. The van der Waals surface area contributed by atoms with Crippen LogP contribution in [0.3, 0.4) is 0 Å². The predicted molar refractivity (Wildman–Crippen MR) is 62.3 cm³/mol. The summed E-state index contributed by atoms with van der Waals surface area (Å²) in [5.41, 5.74) is 0.669. The number of ether oxygens (including phenoxy) is 1. The van der Waals surface area contributed by atoms with Crippen molar-refractivity contribution >= 4 is 9.84 Å². The normalized spacial score (nSPS) is 13.4. The van der Waals surface area contributed by atoms with Crippen molar-refractivity contribution in [2.75, 3.05) is 19.1 Å². The van der Waals surface area contributed by atoms with Gasteiger partial charge in [-0.1, -0.05) is 12.1 Å². The van der Waals surface area contributed by atoms with E-state index in [2.05, 4.69) is 0 Å². The number of aliphatic hydroxyl groups is 1. The van der Waals surface area contributed by atoms with Crippen LogP contribution in [0, 0.1) is 0 Å². The van der Waals surface area contributed by atoms with Gasteiger partial charge in [-0.2, -0.15) is 0 Å². The fraction of sp³-hybridized carbons (Fsp3) is 0.455. The molecule has 0 aliphatic carbocycles. The van der Waals surface area contributed by atoms with E-state index in [1.165, 1.54) is 0 Å². The topological polar surface area (TPSA) is 63.6 Å². The molecule has 0 saturated carbocycles. The molecule has 1 N–H and O–H groups in total. The highest BCUT2D eigenvalue weighted by molar-refractivity contribution is 7.90. The standard InChI is InChI=1S/C11H16O4S/c1-15-10-5-3-4-9(8-10)11(12)6-7-16(2,13)14/h3-5,8,11-12H,6-7H2,1-2H3. The Hall–Kier alpha value is -1.07. The van der Waals surface area contributed by atoms with Crippen molar-refractivity contribution in [2.24, 2.45) is 0 Å². The van der Waals surface area contributed by atoms with E-state index in [1.807, 2.05) is 0 Å². The number of sulfone groups is 1. The van der Waals surface area contributed by atoms with E-state index in [-0.39, 0.29) is 12.2 Å². The van der Waals surface area contributed by atoms with E-state index in [1.54, 1.807) is 31.4 Å². The maximum atomic E-state index is 11.0. The Morgan fingerprint density at radius 3 is 2.69 bits per heavy atom. The predicted octanol–water partition coefficient (Wildman–Crippen LogP) is 1.16. The van der Waals surface area contributed by atoms with Gasteiger partial charge in [0.05, 0.1) is 19.0 Å². The minimum absolute atomic E-state index is 0.0224. The Morgan fingerprint density at radius 1 is 1.44 bits per heavy atom. The van der Waals surface area contributed by atoms with Crippen LogP contribution in [0.4, 0.5) is 0 Å². The van der Waals surface area contributed by atoms with E-state index < -0.39 is 15.9 Å². The molecule has 0 aliphatic heterocycles. The number of methoxy groups -OCH3 is 1. The van der Waals surface area contributed by atoms with Crippen molar-refractivity contribution in [1.82, 2.24) is 0 Å². The molecule has 90 valence electrons. The molecule has 0 aromatic heterocycles. The van der Waals surface area contributed by atoms with Crippen LogP contribution in [0.25, 0.3) is 0 Å². The van der Waals surface area contributed by atoms with Crippen LogP contribution in [0.2, 0.25) is 0 Å². The summed E-state index contributed by atoms with van der Waals surface area (Å²) in [7, 11) is -1.49. The van der Waals surface area contributed by atoms with Gasteiger partial charge >= 0.3 is 0 Å². The van der Waals surface area contributed by atoms with Crippen LogP contribution in [0.1, 0.15) is 18.1 Å². The average molecular weight is 244 g/mol. The Balaban J connectivity index is 2.69. The number of aliphatic hydroxyl groups excluding tert-OH is 1. The van der Waals surface area contributed by atoms with Gasteiger partial charge in [0.25, 0.3) is 0 Å². The average Bonchev–Trinajstić information content (AvgIpc) is 2.25. The van der Waals surface area contributed by atoms with Crippen LogP contribution in [-0.2, 0) is 9.84 Å². The summed E-state index contributed by atoms with van der Waals surface area (Å²) in [6, 6.07) is 6.98. The molecule has 0 aliphatic rings. The minimum atomic E-state index is -3.03. The first-order valence-electron chi connectivity index (χ1n) is 4.92. The zero-order chi connectivity index (χ0) is 12.2. The lowest BCUT2D eigenvalue weighted by Gasteiger charge is -2.11. The van der Waals surface area contributed by atoms with Crippen molar-refractivity contribution in [3.63, 3.8) is 0 Å². The zero-order valence-electron chi connectivity index (χ0n) is 9.38. The van der Waals surface area contributed by atoms with Gasteiger partial charge in [-0.3, -0.25) is 0 Å². The molecule has 0 spiro atoms. The lowest BCUT2D eigenvalue weighted by Crippen LogP contribution is -2.08. The highest BCUT2D eigenvalue weighted by Crippen LogP contribution is 2.21. The molecule has 1 aromatic rings. The van der Waals surface area contributed by atoms with Crippen LogP contribution in [-0.4, -0.2) is 32.6 Å². The van der Waals surface area contributed by atoms with Gasteiger partial charge in [0, 0.05) is 6.26 Å². The van der Waals surface area contributed by atoms with Crippen LogP contribution < -0.4 is 4.74 Å². The van der Waals surface area contributed by atoms with Gasteiger partial charge < -0.3 is 9.84 Å². The van der Waals surface area contributed by atoms with Gasteiger partial charge in [-0.05, 0) is 24.1 Å². The molecule has 1 atom stereocenters. The molecular weight excluding hydrogens is 228 g/mol. The molecule has 0 heterocycles. The third-order valence-electron chi connectivity index (χ3n) is 2.24. The third-order valence-corrected chi connectivity index (χ3v) is 3.22. The van der Waals surface area contributed by atoms with Gasteiger partial charge in [0.2, 0.25) is 0 Å². The van der Waals surface area contributed by atoms with Crippen molar-refractivity contribution < 1.29 is 18.3 Å². The maximum absolute atomic E-state index is 11.0. The van der Waals surface area contributed by atoms with E-state index >= 15 is 0 Å². The molecule has 0 bridgehead atoms. The molecule has 0 radical (unpaired) electrons. The second kappa shape index (κ2) is 5.32. The molecule has 5 heteroatoms. The molecule has 1 aromatic carbocycles. The van der Waals surface area contributed by atoms with Gasteiger partial charge in [-0.15, -0.1) is 0 Å². The van der Waals surface area contributed by atoms with Gasteiger partial charge in [-0.25, -0.2) is 8.42 Å². The van der Waals surface area contributed by atoms with Crippen LogP contribution >= 0.6 is 0 Å². The summed E-state index contributed by atoms with van der Waals surface area (Å²) >= 11 is 0.